The van der Waals surface area contributed by atoms with Crippen molar-refractivity contribution >= 4 is 5.69 Å². The fourth-order valence-corrected chi connectivity index (χ4v) is 2.89. The number of aryl methyl sites for hydroxylation is 1. The van der Waals surface area contributed by atoms with E-state index in [1.165, 1.54) is 17.4 Å². The SMILES string of the molecule is CC1c2ccccc2CCC1c1nocc1N. The molecule has 2 atom stereocenters. The van der Waals surface area contributed by atoms with E-state index in [2.05, 4.69) is 36.3 Å². The smallest absolute Gasteiger partial charge is 0.147 e. The maximum absolute atomic E-state index is 5.90. The molecule has 3 heteroatoms. The van der Waals surface area contributed by atoms with Crippen LogP contribution in [-0.4, -0.2) is 5.16 Å². The minimum Gasteiger partial charge on any atom is -0.395 e. The number of aromatic nitrogens is 1. The highest BCUT2D eigenvalue weighted by Gasteiger charge is 2.30. The molecule has 0 saturated carbocycles. The first-order chi connectivity index (χ1) is 8.27. The van der Waals surface area contributed by atoms with Gasteiger partial charge < -0.3 is 10.3 Å². The number of fused-ring (bicyclic) bond motifs is 1. The van der Waals surface area contributed by atoms with Gasteiger partial charge in [-0.25, -0.2) is 0 Å². The largest absolute Gasteiger partial charge is 0.395 e. The summed E-state index contributed by atoms with van der Waals surface area (Å²) in [5.74, 6) is 0.830. The predicted molar refractivity (Wildman–Crippen MR) is 66.8 cm³/mol. The molecule has 2 unspecified atom stereocenters. The van der Waals surface area contributed by atoms with E-state index in [1.807, 2.05) is 0 Å². The monoisotopic (exact) mass is 228 g/mol. The van der Waals surface area contributed by atoms with Gasteiger partial charge in [0.2, 0.25) is 0 Å². The van der Waals surface area contributed by atoms with Gasteiger partial charge in [-0.3, -0.25) is 0 Å². The van der Waals surface area contributed by atoms with Crippen molar-refractivity contribution in [1.29, 1.82) is 0 Å². The topological polar surface area (TPSA) is 52.0 Å². The molecule has 0 bridgehead atoms. The van der Waals surface area contributed by atoms with Crippen molar-refractivity contribution in [3.05, 3.63) is 47.3 Å². The summed E-state index contributed by atoms with van der Waals surface area (Å²) < 4.78 is 4.96. The van der Waals surface area contributed by atoms with Gasteiger partial charge in [0.15, 0.2) is 0 Å². The molecule has 0 radical (unpaired) electrons. The highest BCUT2D eigenvalue weighted by Crippen LogP contribution is 2.42. The lowest BCUT2D eigenvalue weighted by molar-refractivity contribution is 0.390. The summed E-state index contributed by atoms with van der Waals surface area (Å²) in [6, 6.07) is 8.64. The molecule has 2 N–H and O–H groups in total. The second-order valence-electron chi connectivity index (χ2n) is 4.79. The summed E-state index contributed by atoms with van der Waals surface area (Å²) in [6.45, 7) is 2.25. The first-order valence-electron chi connectivity index (χ1n) is 6.05. The molecule has 3 rings (SSSR count). The molecule has 1 aromatic heterocycles. The summed E-state index contributed by atoms with van der Waals surface area (Å²) in [6.07, 6.45) is 3.72. The van der Waals surface area contributed by atoms with Gasteiger partial charge in [-0.05, 0) is 29.9 Å². The van der Waals surface area contributed by atoms with Crippen molar-refractivity contribution in [2.45, 2.75) is 31.6 Å². The van der Waals surface area contributed by atoms with Crippen LogP contribution in [0.25, 0.3) is 0 Å². The fraction of sp³-hybridized carbons (Fsp3) is 0.357. The van der Waals surface area contributed by atoms with Crippen LogP contribution >= 0.6 is 0 Å². The van der Waals surface area contributed by atoms with Gasteiger partial charge in [0, 0.05) is 5.92 Å². The Hall–Kier alpha value is -1.77. The highest BCUT2D eigenvalue weighted by atomic mass is 16.5. The number of hydrogen-bond acceptors (Lipinski definition) is 3. The van der Waals surface area contributed by atoms with Crippen LogP contribution in [0.4, 0.5) is 5.69 Å². The zero-order valence-electron chi connectivity index (χ0n) is 9.89. The Morgan fingerprint density at radius 3 is 2.94 bits per heavy atom. The van der Waals surface area contributed by atoms with Gasteiger partial charge in [-0.2, -0.15) is 0 Å². The minimum absolute atomic E-state index is 0.378. The molecule has 0 amide bonds. The number of anilines is 1. The Kier molecular flexibility index (Phi) is 2.39. The van der Waals surface area contributed by atoms with Gasteiger partial charge >= 0.3 is 0 Å². The van der Waals surface area contributed by atoms with Gasteiger partial charge in [0.05, 0.1) is 5.69 Å². The lowest BCUT2D eigenvalue weighted by atomic mass is 9.74. The van der Waals surface area contributed by atoms with E-state index in [1.54, 1.807) is 0 Å². The molecule has 1 heterocycles. The Labute approximate surface area is 101 Å². The molecular formula is C14H16N2O. The van der Waals surface area contributed by atoms with Crippen molar-refractivity contribution in [1.82, 2.24) is 5.16 Å². The summed E-state index contributed by atoms with van der Waals surface area (Å²) in [4.78, 5) is 0. The fourth-order valence-electron chi connectivity index (χ4n) is 2.89. The van der Waals surface area contributed by atoms with Gasteiger partial charge in [0.25, 0.3) is 0 Å². The van der Waals surface area contributed by atoms with Crippen LogP contribution in [-0.2, 0) is 6.42 Å². The first-order valence-corrected chi connectivity index (χ1v) is 6.05. The van der Waals surface area contributed by atoms with Crippen molar-refractivity contribution in [2.75, 3.05) is 5.73 Å². The van der Waals surface area contributed by atoms with Crippen LogP contribution in [0.3, 0.4) is 0 Å². The van der Waals surface area contributed by atoms with Crippen LogP contribution in [0.5, 0.6) is 0 Å². The van der Waals surface area contributed by atoms with Crippen LogP contribution in [0.2, 0.25) is 0 Å². The van der Waals surface area contributed by atoms with Crippen molar-refractivity contribution in [2.24, 2.45) is 0 Å². The van der Waals surface area contributed by atoms with Crippen LogP contribution in [0, 0.1) is 0 Å². The standard InChI is InChI=1S/C14H16N2O/c1-9-11-5-3-2-4-10(11)6-7-12(9)14-13(15)8-17-16-14/h2-5,8-9,12H,6-7,15H2,1H3. The molecule has 2 aromatic rings. The predicted octanol–water partition coefficient (Wildman–Crippen LogP) is 3.09. The molecule has 0 saturated heterocycles. The van der Waals surface area contributed by atoms with Crippen LogP contribution in [0.1, 0.15) is 42.0 Å². The van der Waals surface area contributed by atoms with E-state index in [-0.39, 0.29) is 0 Å². The molecule has 0 spiro atoms. The highest BCUT2D eigenvalue weighted by molar-refractivity contribution is 5.45. The number of nitrogens with zero attached hydrogens (tertiary/aromatic N) is 1. The maximum atomic E-state index is 5.90. The molecular weight excluding hydrogens is 212 g/mol. The Morgan fingerprint density at radius 1 is 1.35 bits per heavy atom. The van der Waals surface area contributed by atoms with Crippen molar-refractivity contribution in [3.8, 4) is 0 Å². The third-order valence-corrected chi connectivity index (χ3v) is 3.85. The van der Waals surface area contributed by atoms with Gasteiger partial charge in [-0.15, -0.1) is 0 Å². The third kappa shape index (κ3) is 1.62. The summed E-state index contributed by atoms with van der Waals surface area (Å²) in [7, 11) is 0. The van der Waals surface area contributed by atoms with E-state index in [0.717, 1.165) is 18.5 Å². The zero-order valence-corrected chi connectivity index (χ0v) is 9.89. The van der Waals surface area contributed by atoms with E-state index in [9.17, 15) is 0 Å². The molecule has 0 aliphatic heterocycles. The van der Waals surface area contributed by atoms with Gasteiger partial charge in [0.1, 0.15) is 12.0 Å². The first kappa shape index (κ1) is 10.4. The number of nitrogens with two attached hydrogens (primary N) is 1. The van der Waals surface area contributed by atoms with E-state index in [4.69, 9.17) is 10.3 Å². The lowest BCUT2D eigenvalue weighted by Crippen LogP contribution is -2.18. The average molecular weight is 228 g/mol. The van der Waals surface area contributed by atoms with Crippen molar-refractivity contribution in [3.63, 3.8) is 0 Å². The Morgan fingerprint density at radius 2 is 2.18 bits per heavy atom. The Balaban J connectivity index is 2.00. The van der Waals surface area contributed by atoms with E-state index >= 15 is 0 Å². The number of hydrogen-bond donors (Lipinski definition) is 1. The molecule has 3 nitrogen and oxygen atoms in total. The van der Waals surface area contributed by atoms with Crippen LogP contribution in [0.15, 0.2) is 35.1 Å². The van der Waals surface area contributed by atoms with E-state index in [0.29, 0.717) is 17.5 Å². The number of nitrogen functional groups attached to an aromatic ring is 1. The quantitative estimate of drug-likeness (QED) is 0.816. The van der Waals surface area contributed by atoms with Gasteiger partial charge in [-0.1, -0.05) is 36.3 Å². The molecule has 1 aromatic carbocycles. The maximum Gasteiger partial charge on any atom is 0.147 e. The molecule has 17 heavy (non-hydrogen) atoms. The normalized spacial score (nSPS) is 23.4. The third-order valence-electron chi connectivity index (χ3n) is 3.85. The second kappa shape index (κ2) is 3.91. The van der Waals surface area contributed by atoms with Crippen LogP contribution < -0.4 is 5.73 Å². The summed E-state index contributed by atoms with van der Waals surface area (Å²) >= 11 is 0. The second-order valence-corrected chi connectivity index (χ2v) is 4.79. The summed E-state index contributed by atoms with van der Waals surface area (Å²) in [5, 5.41) is 4.06. The molecule has 1 aliphatic rings. The molecule has 88 valence electrons. The molecule has 1 aliphatic carbocycles. The number of benzene rings is 1. The Bertz CT molecular complexity index is 533. The lowest BCUT2D eigenvalue weighted by Gasteiger charge is -2.30. The summed E-state index contributed by atoms with van der Waals surface area (Å²) in [5.41, 5.74) is 10.4. The minimum atomic E-state index is 0.378. The van der Waals surface area contributed by atoms with E-state index < -0.39 is 0 Å². The zero-order chi connectivity index (χ0) is 11.8. The number of rotatable bonds is 1. The van der Waals surface area contributed by atoms with Crippen molar-refractivity contribution < 1.29 is 4.52 Å². The average Bonchev–Trinajstić information content (AvgIpc) is 2.76. The molecule has 0 fully saturated rings.